The van der Waals surface area contributed by atoms with E-state index in [1.54, 1.807) is 0 Å². The van der Waals surface area contributed by atoms with E-state index in [-0.39, 0.29) is 17.7 Å². The van der Waals surface area contributed by atoms with Crippen LogP contribution in [0, 0.1) is 5.92 Å². The number of carbonyl (C=O) groups excluding carboxylic acids is 2. The first-order chi connectivity index (χ1) is 12.5. The number of anilines is 2. The molecule has 4 nitrogen and oxygen atoms in total. The molecule has 1 aliphatic rings. The van der Waals surface area contributed by atoms with Crippen molar-refractivity contribution in [1.29, 1.82) is 0 Å². The summed E-state index contributed by atoms with van der Waals surface area (Å²) in [5.74, 6) is 0.279. The van der Waals surface area contributed by atoms with Gasteiger partial charge in [-0.2, -0.15) is 0 Å². The Balaban J connectivity index is 1.63. The van der Waals surface area contributed by atoms with Crippen molar-refractivity contribution in [3.05, 3.63) is 59.7 Å². The van der Waals surface area contributed by atoms with Gasteiger partial charge in [-0.15, -0.1) is 0 Å². The summed E-state index contributed by atoms with van der Waals surface area (Å²) in [6, 6.07) is 15.5. The fraction of sp³-hybridized carbons (Fsp3) is 0.364. The molecule has 2 amide bonds. The van der Waals surface area contributed by atoms with Crippen LogP contribution in [0.25, 0.3) is 0 Å². The summed E-state index contributed by atoms with van der Waals surface area (Å²) in [4.78, 5) is 24.6. The molecule has 0 saturated heterocycles. The molecule has 4 heteroatoms. The molecule has 2 N–H and O–H groups in total. The minimum absolute atomic E-state index is 0.00981. The lowest BCUT2D eigenvalue weighted by Gasteiger charge is -2.24. The Kier molecular flexibility index (Phi) is 5.71. The Labute approximate surface area is 155 Å². The van der Waals surface area contributed by atoms with Crippen LogP contribution in [0.3, 0.4) is 0 Å². The molecule has 136 valence electrons. The molecule has 2 aromatic rings. The summed E-state index contributed by atoms with van der Waals surface area (Å²) in [6.07, 6.45) is 3.46. The average Bonchev–Trinajstić information content (AvgIpc) is 2.62. The SMILES string of the molecule is CC(C)CC(=O)Nc1ccc(NC(=O)[C@H]2CCCc3ccccc32)cc1. The highest BCUT2D eigenvalue weighted by Gasteiger charge is 2.26. The van der Waals surface area contributed by atoms with Gasteiger partial charge < -0.3 is 10.6 Å². The summed E-state index contributed by atoms with van der Waals surface area (Å²) >= 11 is 0. The predicted octanol–water partition coefficient (Wildman–Crippen LogP) is 4.73. The van der Waals surface area contributed by atoms with Crippen LogP contribution in [0.2, 0.25) is 0 Å². The van der Waals surface area contributed by atoms with E-state index in [1.165, 1.54) is 5.56 Å². The summed E-state index contributed by atoms with van der Waals surface area (Å²) < 4.78 is 0. The van der Waals surface area contributed by atoms with Gasteiger partial charge in [0.1, 0.15) is 0 Å². The van der Waals surface area contributed by atoms with Gasteiger partial charge in [0, 0.05) is 17.8 Å². The molecule has 2 aromatic carbocycles. The zero-order valence-electron chi connectivity index (χ0n) is 15.4. The summed E-state index contributed by atoms with van der Waals surface area (Å²) in [7, 11) is 0. The summed E-state index contributed by atoms with van der Waals surface area (Å²) in [6.45, 7) is 4.03. The fourth-order valence-electron chi connectivity index (χ4n) is 3.48. The lowest BCUT2D eigenvalue weighted by molar-refractivity contribution is -0.118. The lowest BCUT2D eigenvalue weighted by Crippen LogP contribution is -2.24. The minimum Gasteiger partial charge on any atom is -0.326 e. The number of amides is 2. The molecule has 0 radical (unpaired) electrons. The van der Waals surface area contributed by atoms with Gasteiger partial charge in [0.2, 0.25) is 11.8 Å². The molecule has 1 atom stereocenters. The zero-order valence-corrected chi connectivity index (χ0v) is 15.4. The first kappa shape index (κ1) is 18.2. The van der Waals surface area contributed by atoms with Crippen LogP contribution in [-0.4, -0.2) is 11.8 Å². The van der Waals surface area contributed by atoms with Crippen LogP contribution >= 0.6 is 0 Å². The number of carbonyl (C=O) groups is 2. The predicted molar refractivity (Wildman–Crippen MR) is 105 cm³/mol. The fourth-order valence-corrected chi connectivity index (χ4v) is 3.48. The minimum atomic E-state index is -0.0922. The third kappa shape index (κ3) is 4.51. The van der Waals surface area contributed by atoms with Crippen LogP contribution < -0.4 is 10.6 Å². The van der Waals surface area contributed by atoms with Crippen molar-refractivity contribution >= 4 is 23.2 Å². The van der Waals surface area contributed by atoms with E-state index in [1.807, 2.05) is 50.2 Å². The molecule has 0 fully saturated rings. The topological polar surface area (TPSA) is 58.2 Å². The van der Waals surface area contributed by atoms with E-state index < -0.39 is 0 Å². The van der Waals surface area contributed by atoms with Gasteiger partial charge in [-0.05, 0) is 60.6 Å². The quantitative estimate of drug-likeness (QED) is 0.819. The molecule has 0 bridgehead atoms. The van der Waals surface area contributed by atoms with Crippen molar-refractivity contribution in [2.75, 3.05) is 10.6 Å². The van der Waals surface area contributed by atoms with Crippen molar-refractivity contribution in [2.45, 2.75) is 45.4 Å². The van der Waals surface area contributed by atoms with Crippen LogP contribution in [0.15, 0.2) is 48.5 Å². The molecule has 0 aromatic heterocycles. The Hall–Kier alpha value is -2.62. The van der Waals surface area contributed by atoms with Crippen molar-refractivity contribution in [3.8, 4) is 0 Å². The highest BCUT2D eigenvalue weighted by Crippen LogP contribution is 2.32. The van der Waals surface area contributed by atoms with E-state index in [2.05, 4.69) is 22.8 Å². The van der Waals surface area contributed by atoms with Crippen molar-refractivity contribution < 1.29 is 9.59 Å². The Morgan fingerprint density at radius 1 is 1.00 bits per heavy atom. The van der Waals surface area contributed by atoms with Gasteiger partial charge in [-0.25, -0.2) is 0 Å². The number of fused-ring (bicyclic) bond motifs is 1. The number of hydrogen-bond donors (Lipinski definition) is 2. The summed E-state index contributed by atoms with van der Waals surface area (Å²) in [5, 5.41) is 5.89. The highest BCUT2D eigenvalue weighted by atomic mass is 16.2. The molecule has 1 aliphatic carbocycles. The van der Waals surface area contributed by atoms with Crippen molar-refractivity contribution in [1.82, 2.24) is 0 Å². The van der Waals surface area contributed by atoms with Gasteiger partial charge >= 0.3 is 0 Å². The molecule has 0 aliphatic heterocycles. The Bertz CT molecular complexity index is 781. The van der Waals surface area contributed by atoms with Gasteiger partial charge in [0.15, 0.2) is 0 Å². The number of rotatable bonds is 5. The highest BCUT2D eigenvalue weighted by molar-refractivity contribution is 5.97. The second-order valence-electron chi connectivity index (χ2n) is 7.36. The van der Waals surface area contributed by atoms with Gasteiger partial charge in [0.25, 0.3) is 0 Å². The third-order valence-corrected chi connectivity index (χ3v) is 4.72. The van der Waals surface area contributed by atoms with E-state index in [0.29, 0.717) is 12.3 Å². The maximum Gasteiger partial charge on any atom is 0.231 e. The smallest absolute Gasteiger partial charge is 0.231 e. The molecule has 0 saturated carbocycles. The van der Waals surface area contributed by atoms with Crippen molar-refractivity contribution in [3.63, 3.8) is 0 Å². The monoisotopic (exact) mass is 350 g/mol. The Morgan fingerprint density at radius 3 is 2.35 bits per heavy atom. The van der Waals surface area contributed by atoms with E-state index in [9.17, 15) is 9.59 Å². The molecular formula is C22H26N2O2. The third-order valence-electron chi connectivity index (χ3n) is 4.72. The van der Waals surface area contributed by atoms with Crippen LogP contribution in [-0.2, 0) is 16.0 Å². The van der Waals surface area contributed by atoms with E-state index in [0.717, 1.165) is 36.2 Å². The largest absolute Gasteiger partial charge is 0.326 e. The van der Waals surface area contributed by atoms with Gasteiger partial charge in [-0.3, -0.25) is 9.59 Å². The van der Waals surface area contributed by atoms with Crippen molar-refractivity contribution in [2.24, 2.45) is 5.92 Å². The van der Waals surface area contributed by atoms with Crippen LogP contribution in [0.1, 0.15) is 50.2 Å². The standard InChI is InChI=1S/C22H26N2O2/c1-15(2)14-21(25)23-17-10-12-18(13-11-17)24-22(26)20-9-5-7-16-6-3-4-8-19(16)20/h3-4,6,8,10-13,15,20H,5,7,9,14H2,1-2H3,(H,23,25)(H,24,26)/t20-/m0/s1. The van der Waals surface area contributed by atoms with E-state index >= 15 is 0 Å². The first-order valence-electron chi connectivity index (χ1n) is 9.31. The van der Waals surface area contributed by atoms with Gasteiger partial charge in [-0.1, -0.05) is 38.1 Å². The lowest BCUT2D eigenvalue weighted by atomic mass is 9.82. The maximum absolute atomic E-state index is 12.7. The van der Waals surface area contributed by atoms with E-state index in [4.69, 9.17) is 0 Å². The molecule has 3 rings (SSSR count). The maximum atomic E-state index is 12.7. The molecular weight excluding hydrogens is 324 g/mol. The number of benzene rings is 2. The Morgan fingerprint density at radius 2 is 1.65 bits per heavy atom. The molecule has 26 heavy (non-hydrogen) atoms. The molecule has 0 heterocycles. The second-order valence-corrected chi connectivity index (χ2v) is 7.36. The molecule has 0 spiro atoms. The number of hydrogen-bond acceptors (Lipinski definition) is 2. The van der Waals surface area contributed by atoms with Gasteiger partial charge in [0.05, 0.1) is 5.92 Å². The second kappa shape index (κ2) is 8.17. The normalized spacial score (nSPS) is 16.0. The van der Waals surface area contributed by atoms with Crippen LogP contribution in [0.4, 0.5) is 11.4 Å². The first-order valence-corrected chi connectivity index (χ1v) is 9.31. The average molecular weight is 350 g/mol. The van der Waals surface area contributed by atoms with Crippen LogP contribution in [0.5, 0.6) is 0 Å². The molecule has 0 unspecified atom stereocenters. The summed E-state index contributed by atoms with van der Waals surface area (Å²) in [5.41, 5.74) is 3.92. The number of aryl methyl sites for hydroxylation is 1. The number of nitrogens with one attached hydrogen (secondary N) is 2. The zero-order chi connectivity index (χ0) is 18.5.